The molecular weight excluding hydrogens is 691 g/mol. The molecule has 0 saturated heterocycles. The van der Waals surface area contributed by atoms with Crippen molar-refractivity contribution < 1.29 is 4.74 Å². The van der Waals surface area contributed by atoms with Crippen molar-refractivity contribution in [2.24, 2.45) is 0 Å². The van der Waals surface area contributed by atoms with E-state index in [1.54, 1.807) is 0 Å². The molecule has 0 bridgehead atoms. The number of para-hydroxylation sites is 2. The SMILES string of the molecule is CC1(C)c2ccccc2-c2cc3c4c(c21)-c1cccc2c1N(B4c1cc(-c4ccccc4)ccc1N3c1ccc(-c3ccccc3)cc1)C1Oc3ccccc3C21. The fourth-order valence-corrected chi connectivity index (χ4v) is 11.2. The summed E-state index contributed by atoms with van der Waals surface area (Å²) in [4.78, 5) is 5.22. The highest BCUT2D eigenvalue weighted by molar-refractivity contribution is 6.93. The van der Waals surface area contributed by atoms with Gasteiger partial charge in [0.15, 0.2) is 6.23 Å². The van der Waals surface area contributed by atoms with Crippen molar-refractivity contribution in [3.8, 4) is 50.3 Å². The number of anilines is 4. The minimum atomic E-state index is -0.197. The summed E-state index contributed by atoms with van der Waals surface area (Å²) in [6, 6.07) is 65.2. The average Bonchev–Trinajstić information content (AvgIpc) is 3.88. The molecule has 0 radical (unpaired) electrons. The topological polar surface area (TPSA) is 15.7 Å². The lowest BCUT2D eigenvalue weighted by Crippen LogP contribution is -2.65. The largest absolute Gasteiger partial charge is 0.470 e. The Morgan fingerprint density at radius 1 is 0.544 bits per heavy atom. The highest BCUT2D eigenvalue weighted by Gasteiger charge is 2.57. The van der Waals surface area contributed by atoms with Crippen LogP contribution in [0.1, 0.15) is 42.0 Å². The summed E-state index contributed by atoms with van der Waals surface area (Å²) in [6.45, 7) is 4.80. The van der Waals surface area contributed by atoms with E-state index in [1.165, 1.54) is 94.7 Å². The smallest absolute Gasteiger partial charge is 0.331 e. The molecule has 268 valence electrons. The summed E-state index contributed by atoms with van der Waals surface area (Å²) in [6.07, 6.45) is -0.159. The van der Waals surface area contributed by atoms with E-state index < -0.39 is 0 Å². The third-order valence-corrected chi connectivity index (χ3v) is 13.5. The van der Waals surface area contributed by atoms with Crippen molar-refractivity contribution in [3.05, 3.63) is 198 Å². The molecule has 0 aromatic heterocycles. The minimum absolute atomic E-state index is 0.0729. The van der Waals surface area contributed by atoms with Crippen LogP contribution in [0.2, 0.25) is 0 Å². The second-order valence-electron chi connectivity index (χ2n) is 16.7. The Hall–Kier alpha value is -6.78. The van der Waals surface area contributed by atoms with Gasteiger partial charge >= 0.3 is 6.85 Å². The Balaban J connectivity index is 1.14. The monoisotopic (exact) mass is 728 g/mol. The zero-order valence-corrected chi connectivity index (χ0v) is 31.8. The Morgan fingerprint density at radius 3 is 2.00 bits per heavy atom. The van der Waals surface area contributed by atoms with Crippen LogP contribution >= 0.6 is 0 Å². The molecule has 0 fully saturated rings. The van der Waals surface area contributed by atoms with Gasteiger partial charge in [0.2, 0.25) is 0 Å². The van der Waals surface area contributed by atoms with Gasteiger partial charge in [0.05, 0.1) is 5.92 Å². The zero-order valence-electron chi connectivity index (χ0n) is 31.8. The first-order chi connectivity index (χ1) is 28.1. The molecule has 0 N–H and O–H groups in total. The van der Waals surface area contributed by atoms with Crippen LogP contribution in [0.4, 0.5) is 22.7 Å². The Labute approximate surface area is 333 Å². The van der Waals surface area contributed by atoms with Crippen molar-refractivity contribution in [2.45, 2.75) is 31.4 Å². The molecule has 0 amide bonds. The highest BCUT2D eigenvalue weighted by Crippen LogP contribution is 2.61. The van der Waals surface area contributed by atoms with Crippen LogP contribution in [0.25, 0.3) is 44.5 Å². The van der Waals surface area contributed by atoms with E-state index in [2.05, 4.69) is 199 Å². The number of hydrogen-bond donors (Lipinski definition) is 0. The summed E-state index contributed by atoms with van der Waals surface area (Å²) >= 11 is 0. The normalized spacial score (nSPS) is 17.8. The second-order valence-corrected chi connectivity index (χ2v) is 16.7. The van der Waals surface area contributed by atoms with E-state index >= 15 is 0 Å². The fourth-order valence-electron chi connectivity index (χ4n) is 11.2. The number of hydrogen-bond acceptors (Lipinski definition) is 3. The Bertz CT molecular complexity index is 2990. The van der Waals surface area contributed by atoms with Gasteiger partial charge in [-0.25, -0.2) is 0 Å². The average molecular weight is 729 g/mol. The van der Waals surface area contributed by atoms with Crippen LogP contribution < -0.4 is 25.4 Å². The van der Waals surface area contributed by atoms with Gasteiger partial charge < -0.3 is 14.4 Å². The molecule has 0 spiro atoms. The van der Waals surface area contributed by atoms with E-state index in [-0.39, 0.29) is 24.4 Å². The van der Waals surface area contributed by atoms with E-state index in [9.17, 15) is 0 Å². The molecular formula is C53H37BN2O. The van der Waals surface area contributed by atoms with E-state index in [0.717, 1.165) is 11.4 Å². The number of nitrogens with zero attached hydrogens (tertiary/aromatic N) is 2. The Morgan fingerprint density at radius 2 is 1.19 bits per heavy atom. The molecule has 5 aliphatic rings. The molecule has 4 aliphatic heterocycles. The van der Waals surface area contributed by atoms with Gasteiger partial charge in [-0.05, 0) is 96.9 Å². The van der Waals surface area contributed by atoms with Crippen LogP contribution in [0.3, 0.4) is 0 Å². The molecule has 57 heavy (non-hydrogen) atoms. The van der Waals surface area contributed by atoms with Crippen LogP contribution in [0.5, 0.6) is 5.75 Å². The van der Waals surface area contributed by atoms with Gasteiger partial charge in [0.25, 0.3) is 0 Å². The number of fused-ring (bicyclic) bond motifs is 13. The van der Waals surface area contributed by atoms with E-state index in [1.807, 2.05) is 0 Å². The van der Waals surface area contributed by atoms with Crippen molar-refractivity contribution >= 4 is 40.5 Å². The summed E-state index contributed by atoms with van der Waals surface area (Å²) < 4.78 is 7.11. The maximum atomic E-state index is 7.11. The number of rotatable bonds is 3. The maximum Gasteiger partial charge on any atom is 0.331 e. The summed E-state index contributed by atoms with van der Waals surface area (Å²) in [7, 11) is 0. The fraction of sp³-hybridized carbons (Fsp3) is 0.0943. The van der Waals surface area contributed by atoms with E-state index in [0.29, 0.717) is 0 Å². The second kappa shape index (κ2) is 11.2. The van der Waals surface area contributed by atoms with Gasteiger partial charge in [-0.3, -0.25) is 0 Å². The van der Waals surface area contributed by atoms with Crippen molar-refractivity contribution in [1.29, 1.82) is 0 Å². The molecule has 2 unspecified atom stereocenters. The molecule has 8 aromatic carbocycles. The van der Waals surface area contributed by atoms with E-state index in [4.69, 9.17) is 4.74 Å². The third-order valence-electron chi connectivity index (χ3n) is 13.5. The molecule has 0 saturated carbocycles. The minimum Gasteiger partial charge on any atom is -0.470 e. The molecule has 4 heterocycles. The summed E-state index contributed by atoms with van der Waals surface area (Å²) in [5.74, 6) is 1.12. The molecule has 2 atom stereocenters. The van der Waals surface area contributed by atoms with Crippen molar-refractivity contribution in [3.63, 3.8) is 0 Å². The number of ether oxygens (including phenoxy) is 1. The zero-order chi connectivity index (χ0) is 37.6. The molecule has 4 heteroatoms. The maximum absolute atomic E-state index is 7.11. The molecule has 13 rings (SSSR count). The van der Waals surface area contributed by atoms with Gasteiger partial charge in [0.1, 0.15) is 5.75 Å². The molecule has 1 aliphatic carbocycles. The third kappa shape index (κ3) is 4.07. The molecule has 8 aromatic rings. The van der Waals surface area contributed by atoms with Gasteiger partial charge in [-0.15, -0.1) is 0 Å². The van der Waals surface area contributed by atoms with Crippen LogP contribution in [0.15, 0.2) is 176 Å². The van der Waals surface area contributed by atoms with Crippen LogP contribution in [-0.4, -0.2) is 13.1 Å². The Kier molecular flexibility index (Phi) is 6.16. The first kappa shape index (κ1) is 31.4. The quantitative estimate of drug-likeness (QED) is 0.169. The lowest BCUT2D eigenvalue weighted by Gasteiger charge is -2.47. The first-order valence-corrected chi connectivity index (χ1v) is 20.2. The predicted octanol–water partition coefficient (Wildman–Crippen LogP) is 11.6. The van der Waals surface area contributed by atoms with Crippen molar-refractivity contribution in [1.82, 2.24) is 0 Å². The van der Waals surface area contributed by atoms with Crippen LogP contribution in [0, 0.1) is 0 Å². The van der Waals surface area contributed by atoms with Gasteiger partial charge in [-0.1, -0.05) is 159 Å². The number of benzene rings is 8. The predicted molar refractivity (Wildman–Crippen MR) is 235 cm³/mol. The molecule has 3 nitrogen and oxygen atoms in total. The summed E-state index contributed by atoms with van der Waals surface area (Å²) in [5.41, 5.74) is 23.1. The standard InChI is InChI=1S/C53H37BN2O/c1-53(2)42-22-11-9-18-37(42)41-31-45-50-48(49(41)53)40-21-13-20-39-47-38-19-10-12-23-46(38)57-52(47)56(51(39)40)54(50)43-30-35(33-16-7-4-8-17-33)26-29-44(43)55(45)36-27-24-34(25-28-36)32-14-5-3-6-15-32/h3-31,47,52H,1-2H3. The summed E-state index contributed by atoms with van der Waals surface area (Å²) in [5, 5.41) is 0. The lowest BCUT2D eigenvalue weighted by atomic mass is 9.43. The van der Waals surface area contributed by atoms with Gasteiger partial charge in [0, 0.05) is 39.3 Å². The van der Waals surface area contributed by atoms with Gasteiger partial charge in [-0.2, -0.15) is 0 Å². The first-order valence-electron chi connectivity index (χ1n) is 20.2. The lowest BCUT2D eigenvalue weighted by molar-refractivity contribution is 0.239. The van der Waals surface area contributed by atoms with Crippen LogP contribution in [-0.2, 0) is 5.41 Å². The highest BCUT2D eigenvalue weighted by atomic mass is 16.5. The van der Waals surface area contributed by atoms with Crippen molar-refractivity contribution in [2.75, 3.05) is 9.71 Å².